The van der Waals surface area contributed by atoms with Crippen LogP contribution in [0.3, 0.4) is 0 Å². The normalized spacial score (nSPS) is 10.6. The van der Waals surface area contributed by atoms with Crippen LogP contribution in [0.2, 0.25) is 5.02 Å². The average Bonchev–Trinajstić information content (AvgIpc) is 2.90. The lowest BCUT2D eigenvalue weighted by molar-refractivity contribution is 0.0977. The molecule has 0 bridgehead atoms. The topological polar surface area (TPSA) is 81.7 Å². The molecule has 1 amide bonds. The molecule has 3 aromatic carbocycles. The summed E-state index contributed by atoms with van der Waals surface area (Å²) >= 11 is 11.8. The first-order chi connectivity index (χ1) is 17.9. The third-order valence-electron chi connectivity index (χ3n) is 5.60. The van der Waals surface area contributed by atoms with Crippen molar-refractivity contribution in [3.8, 4) is 23.0 Å². The Bertz CT molecular complexity index is 1440. The number of methoxy groups -OCH3 is 2. The zero-order valence-corrected chi connectivity index (χ0v) is 22.2. The van der Waals surface area contributed by atoms with E-state index in [-0.39, 0.29) is 11.0 Å². The Kier molecular flexibility index (Phi) is 8.43. The van der Waals surface area contributed by atoms with Crippen molar-refractivity contribution in [3.05, 3.63) is 83.0 Å². The van der Waals surface area contributed by atoms with Crippen molar-refractivity contribution < 1.29 is 19.0 Å². The van der Waals surface area contributed by atoms with Gasteiger partial charge >= 0.3 is 0 Å². The Balaban J connectivity index is 1.45. The molecule has 190 valence electrons. The van der Waals surface area contributed by atoms with Crippen LogP contribution in [0.4, 0.5) is 5.69 Å². The summed E-state index contributed by atoms with van der Waals surface area (Å²) in [5.74, 6) is 1.84. The van der Waals surface area contributed by atoms with Crippen LogP contribution in [0.15, 0.2) is 66.9 Å². The largest absolute Gasteiger partial charge is 0.493 e. The minimum Gasteiger partial charge on any atom is -0.493 e. The first-order valence-electron chi connectivity index (χ1n) is 11.6. The van der Waals surface area contributed by atoms with Gasteiger partial charge in [0.25, 0.3) is 5.91 Å². The number of hydrogen-bond donors (Lipinski definition) is 2. The third-order valence-corrected chi connectivity index (χ3v) is 6.10. The maximum absolute atomic E-state index is 12.5. The van der Waals surface area contributed by atoms with E-state index in [0.29, 0.717) is 44.8 Å². The standard InChI is InChI=1S/C28H26ClN3O4S/c1-4-5-17-6-8-18(9-7-17)27(33)32-28(37)31-19-10-11-24(21(29)14-19)36-23-12-13-30-22-16-26(35-3)25(34-2)15-20(22)23/h6-16H,4-5H2,1-3H3,(H2,31,32,33,37). The van der Waals surface area contributed by atoms with Crippen LogP contribution in [0, 0.1) is 0 Å². The fourth-order valence-electron chi connectivity index (χ4n) is 3.77. The highest BCUT2D eigenvalue weighted by Gasteiger charge is 2.14. The van der Waals surface area contributed by atoms with Gasteiger partial charge in [-0.1, -0.05) is 37.1 Å². The van der Waals surface area contributed by atoms with E-state index < -0.39 is 0 Å². The quantitative estimate of drug-likeness (QED) is 0.241. The number of amides is 1. The highest BCUT2D eigenvalue weighted by atomic mass is 35.5. The molecule has 2 N–H and O–H groups in total. The Hall–Kier alpha value is -3.88. The van der Waals surface area contributed by atoms with Crippen LogP contribution in [-0.4, -0.2) is 30.2 Å². The molecule has 0 radical (unpaired) electrons. The Morgan fingerprint density at radius 1 is 0.946 bits per heavy atom. The molecule has 0 aliphatic heterocycles. The lowest BCUT2D eigenvalue weighted by atomic mass is 10.1. The fraction of sp³-hybridized carbons (Fsp3) is 0.179. The van der Waals surface area contributed by atoms with Crippen molar-refractivity contribution in [3.63, 3.8) is 0 Å². The number of rotatable bonds is 8. The van der Waals surface area contributed by atoms with Gasteiger partial charge in [0.15, 0.2) is 16.6 Å². The number of carbonyl (C=O) groups excluding carboxylic acids is 1. The second-order valence-electron chi connectivity index (χ2n) is 8.14. The number of ether oxygens (including phenoxy) is 3. The monoisotopic (exact) mass is 535 g/mol. The summed E-state index contributed by atoms with van der Waals surface area (Å²) in [4.78, 5) is 16.9. The first kappa shape index (κ1) is 26.2. The van der Waals surface area contributed by atoms with Gasteiger partial charge in [0.05, 0.1) is 24.8 Å². The molecule has 4 rings (SSSR count). The molecule has 0 spiro atoms. The molecular weight excluding hydrogens is 510 g/mol. The molecule has 37 heavy (non-hydrogen) atoms. The van der Waals surface area contributed by atoms with E-state index in [1.54, 1.807) is 68.9 Å². The molecule has 9 heteroatoms. The predicted octanol–water partition coefficient (Wildman–Crippen LogP) is 6.78. The van der Waals surface area contributed by atoms with Crippen LogP contribution in [0.25, 0.3) is 10.9 Å². The van der Waals surface area contributed by atoms with Crippen LogP contribution in [0.5, 0.6) is 23.0 Å². The van der Waals surface area contributed by atoms with Gasteiger partial charge in [-0.15, -0.1) is 0 Å². The molecule has 0 aliphatic rings. The molecule has 7 nitrogen and oxygen atoms in total. The van der Waals surface area contributed by atoms with E-state index >= 15 is 0 Å². The van der Waals surface area contributed by atoms with Crippen LogP contribution in [-0.2, 0) is 6.42 Å². The molecule has 1 heterocycles. The highest BCUT2D eigenvalue weighted by molar-refractivity contribution is 7.80. The molecule has 0 unspecified atom stereocenters. The predicted molar refractivity (Wildman–Crippen MR) is 150 cm³/mol. The smallest absolute Gasteiger partial charge is 0.257 e. The van der Waals surface area contributed by atoms with Gasteiger partial charge in [0.2, 0.25) is 0 Å². The maximum atomic E-state index is 12.5. The molecule has 0 fully saturated rings. The summed E-state index contributed by atoms with van der Waals surface area (Å²) in [7, 11) is 3.14. The van der Waals surface area contributed by atoms with Gasteiger partial charge in [0, 0.05) is 28.9 Å². The lowest BCUT2D eigenvalue weighted by Gasteiger charge is -2.14. The van der Waals surface area contributed by atoms with Gasteiger partial charge in [-0.25, -0.2) is 0 Å². The van der Waals surface area contributed by atoms with Gasteiger partial charge in [0.1, 0.15) is 11.5 Å². The van der Waals surface area contributed by atoms with Crippen molar-refractivity contribution in [2.75, 3.05) is 19.5 Å². The second-order valence-corrected chi connectivity index (χ2v) is 8.95. The maximum Gasteiger partial charge on any atom is 0.257 e. The summed E-state index contributed by atoms with van der Waals surface area (Å²) in [6, 6.07) is 18.0. The summed E-state index contributed by atoms with van der Waals surface area (Å²) in [5.41, 5.74) is 3.01. The summed E-state index contributed by atoms with van der Waals surface area (Å²) < 4.78 is 16.9. The molecule has 0 saturated heterocycles. The Labute approximate surface area is 225 Å². The number of fused-ring (bicyclic) bond motifs is 1. The number of nitrogens with zero attached hydrogens (tertiary/aromatic N) is 1. The van der Waals surface area contributed by atoms with Crippen molar-refractivity contribution in [1.29, 1.82) is 0 Å². The van der Waals surface area contributed by atoms with Crippen molar-refractivity contribution in [2.45, 2.75) is 19.8 Å². The highest BCUT2D eigenvalue weighted by Crippen LogP contribution is 2.38. The van der Waals surface area contributed by atoms with Gasteiger partial charge < -0.3 is 19.5 Å². The number of nitrogens with one attached hydrogen (secondary N) is 2. The number of hydrogen-bond acceptors (Lipinski definition) is 6. The zero-order valence-electron chi connectivity index (χ0n) is 20.6. The van der Waals surface area contributed by atoms with Gasteiger partial charge in [-0.2, -0.15) is 0 Å². The molecule has 4 aromatic rings. The third kappa shape index (κ3) is 6.28. The lowest BCUT2D eigenvalue weighted by Crippen LogP contribution is -2.34. The Morgan fingerprint density at radius 3 is 2.35 bits per heavy atom. The van der Waals surface area contributed by atoms with E-state index in [1.165, 1.54) is 5.56 Å². The SMILES string of the molecule is CCCc1ccc(C(=O)NC(=S)Nc2ccc(Oc3ccnc4cc(OC)c(OC)cc34)c(Cl)c2)cc1. The average molecular weight is 536 g/mol. The van der Waals surface area contributed by atoms with E-state index in [1.807, 2.05) is 12.1 Å². The number of aryl methyl sites for hydroxylation is 1. The molecular formula is C28H26ClN3O4S. The van der Waals surface area contributed by atoms with E-state index in [0.717, 1.165) is 18.2 Å². The van der Waals surface area contributed by atoms with Crippen LogP contribution < -0.4 is 24.8 Å². The minimum atomic E-state index is -0.289. The summed E-state index contributed by atoms with van der Waals surface area (Å²) in [5, 5.41) is 6.93. The van der Waals surface area contributed by atoms with Gasteiger partial charge in [-0.05, 0) is 66.7 Å². The van der Waals surface area contributed by atoms with Crippen LogP contribution >= 0.6 is 23.8 Å². The summed E-state index contributed by atoms with van der Waals surface area (Å²) in [6.45, 7) is 2.12. The molecule has 0 saturated carbocycles. The minimum absolute atomic E-state index is 0.161. The number of benzene rings is 3. The number of carbonyl (C=O) groups is 1. The number of pyridine rings is 1. The Morgan fingerprint density at radius 2 is 1.68 bits per heavy atom. The van der Waals surface area contributed by atoms with E-state index in [2.05, 4.69) is 22.5 Å². The van der Waals surface area contributed by atoms with E-state index in [4.69, 9.17) is 38.0 Å². The molecule has 0 atom stereocenters. The number of halogens is 1. The number of aromatic nitrogens is 1. The molecule has 0 aliphatic carbocycles. The number of anilines is 1. The first-order valence-corrected chi connectivity index (χ1v) is 12.4. The number of thiocarbonyl (C=S) groups is 1. The fourth-order valence-corrected chi connectivity index (χ4v) is 4.20. The zero-order chi connectivity index (χ0) is 26.4. The molecule has 1 aromatic heterocycles. The second kappa shape index (κ2) is 11.9. The van der Waals surface area contributed by atoms with E-state index in [9.17, 15) is 4.79 Å². The van der Waals surface area contributed by atoms with Crippen LogP contribution in [0.1, 0.15) is 29.3 Å². The van der Waals surface area contributed by atoms with Gasteiger partial charge in [-0.3, -0.25) is 15.1 Å². The van der Waals surface area contributed by atoms with Crippen molar-refractivity contribution in [1.82, 2.24) is 10.3 Å². The summed E-state index contributed by atoms with van der Waals surface area (Å²) in [6.07, 6.45) is 3.67. The van der Waals surface area contributed by atoms with Crippen molar-refractivity contribution >= 4 is 51.4 Å². The van der Waals surface area contributed by atoms with Crippen molar-refractivity contribution in [2.24, 2.45) is 0 Å².